The number of amides is 2. The van der Waals surface area contributed by atoms with Crippen LogP contribution in [0.1, 0.15) is 31.3 Å². The Bertz CT molecular complexity index is 470. The summed E-state index contributed by atoms with van der Waals surface area (Å²) in [6.45, 7) is 6.42. The average molecular weight is 279 g/mol. The monoisotopic (exact) mass is 279 g/mol. The van der Waals surface area contributed by atoms with E-state index in [-0.39, 0.29) is 24.1 Å². The molecule has 0 aliphatic carbocycles. The number of hydrogen-bond acceptors (Lipinski definition) is 5. The third-order valence-electron chi connectivity index (χ3n) is 2.78. The summed E-state index contributed by atoms with van der Waals surface area (Å²) in [5.41, 5.74) is -0.457. The fraction of sp³-hybridized carbons (Fsp3) is 0.538. The van der Waals surface area contributed by atoms with Crippen molar-refractivity contribution in [2.24, 2.45) is 5.41 Å². The molecule has 1 aromatic rings. The van der Waals surface area contributed by atoms with E-state index in [4.69, 9.17) is 0 Å². The molecule has 1 aromatic heterocycles. The molecule has 0 bridgehead atoms. The van der Waals surface area contributed by atoms with Gasteiger partial charge in [-0.15, -0.1) is 0 Å². The molecule has 0 aromatic carbocycles. The summed E-state index contributed by atoms with van der Waals surface area (Å²) in [6, 6.07) is 0. The zero-order chi connectivity index (χ0) is 15.2. The highest BCUT2D eigenvalue weighted by Gasteiger charge is 2.27. The molecule has 7 heteroatoms. The van der Waals surface area contributed by atoms with E-state index >= 15 is 0 Å². The number of hydrogen-bond donors (Lipinski definition) is 3. The Morgan fingerprint density at radius 1 is 1.25 bits per heavy atom. The summed E-state index contributed by atoms with van der Waals surface area (Å²) in [7, 11) is 1.57. The van der Waals surface area contributed by atoms with Crippen LogP contribution in [0.25, 0.3) is 0 Å². The van der Waals surface area contributed by atoms with Gasteiger partial charge in [0.1, 0.15) is 11.5 Å². The Morgan fingerprint density at radius 2 is 1.95 bits per heavy atom. The summed E-state index contributed by atoms with van der Waals surface area (Å²) in [5.74, 6) is 0.138. The normalized spacial score (nSPS) is 10.8. The van der Waals surface area contributed by atoms with Gasteiger partial charge in [0.05, 0.1) is 17.8 Å². The zero-order valence-electron chi connectivity index (χ0n) is 12.3. The second-order valence-electron chi connectivity index (χ2n) is 4.96. The number of rotatable bonds is 6. The van der Waals surface area contributed by atoms with Crippen LogP contribution in [0, 0.1) is 5.41 Å². The van der Waals surface area contributed by atoms with E-state index in [2.05, 4.69) is 25.9 Å². The molecule has 0 fully saturated rings. The summed E-state index contributed by atoms with van der Waals surface area (Å²) in [4.78, 5) is 31.6. The molecule has 0 unspecified atom stereocenters. The molecule has 0 aliphatic rings. The van der Waals surface area contributed by atoms with Crippen LogP contribution >= 0.6 is 0 Å². The van der Waals surface area contributed by atoms with E-state index in [1.54, 1.807) is 20.9 Å². The van der Waals surface area contributed by atoms with Crippen molar-refractivity contribution >= 4 is 17.6 Å². The molecular weight excluding hydrogens is 258 g/mol. The van der Waals surface area contributed by atoms with Crippen LogP contribution in [-0.4, -0.2) is 41.9 Å². The van der Waals surface area contributed by atoms with Gasteiger partial charge in [0, 0.05) is 20.1 Å². The van der Waals surface area contributed by atoms with Gasteiger partial charge in [-0.05, 0) is 20.8 Å². The molecule has 7 nitrogen and oxygen atoms in total. The van der Waals surface area contributed by atoms with Gasteiger partial charge in [-0.2, -0.15) is 0 Å². The van der Waals surface area contributed by atoms with Crippen molar-refractivity contribution in [2.45, 2.75) is 20.8 Å². The Balaban J connectivity index is 2.61. The maximum Gasteiger partial charge on any atom is 0.271 e. The van der Waals surface area contributed by atoms with Crippen molar-refractivity contribution < 1.29 is 9.59 Å². The molecule has 1 rings (SSSR count). The molecule has 0 atom stereocenters. The van der Waals surface area contributed by atoms with Crippen molar-refractivity contribution in [3.63, 3.8) is 0 Å². The topological polar surface area (TPSA) is 96.0 Å². The molecule has 3 N–H and O–H groups in total. The molecule has 110 valence electrons. The third-order valence-corrected chi connectivity index (χ3v) is 2.78. The van der Waals surface area contributed by atoms with Gasteiger partial charge in [0.25, 0.3) is 5.91 Å². The van der Waals surface area contributed by atoms with Gasteiger partial charge >= 0.3 is 0 Å². The zero-order valence-corrected chi connectivity index (χ0v) is 12.3. The Labute approximate surface area is 118 Å². The van der Waals surface area contributed by atoms with Crippen molar-refractivity contribution in [2.75, 3.05) is 25.5 Å². The van der Waals surface area contributed by atoms with E-state index in [9.17, 15) is 9.59 Å². The highest BCUT2D eigenvalue weighted by atomic mass is 16.2. The van der Waals surface area contributed by atoms with Crippen molar-refractivity contribution in [1.29, 1.82) is 0 Å². The van der Waals surface area contributed by atoms with Gasteiger partial charge in [-0.3, -0.25) is 9.59 Å². The first-order valence-electron chi connectivity index (χ1n) is 6.47. The van der Waals surface area contributed by atoms with Crippen LogP contribution in [-0.2, 0) is 4.79 Å². The standard InChI is InChI=1S/C13H21N5O2/c1-5-15-10-7-16-9(6-17-10)11(19)18-8-13(2,3)12(20)14-4/h6-7H,5,8H2,1-4H3,(H,14,20)(H,15,17)(H,18,19). The lowest BCUT2D eigenvalue weighted by molar-refractivity contribution is -0.128. The first-order chi connectivity index (χ1) is 9.40. The smallest absolute Gasteiger partial charge is 0.271 e. The SMILES string of the molecule is CCNc1cnc(C(=O)NCC(C)(C)C(=O)NC)cn1. The average Bonchev–Trinajstić information content (AvgIpc) is 2.45. The number of anilines is 1. The summed E-state index contributed by atoms with van der Waals surface area (Å²) < 4.78 is 0. The molecule has 0 radical (unpaired) electrons. The van der Waals surface area contributed by atoms with Gasteiger partial charge in [0.2, 0.25) is 5.91 Å². The molecule has 0 saturated heterocycles. The third kappa shape index (κ3) is 4.18. The van der Waals surface area contributed by atoms with Gasteiger partial charge in [0.15, 0.2) is 0 Å². The van der Waals surface area contributed by atoms with Crippen molar-refractivity contribution in [3.8, 4) is 0 Å². The second-order valence-corrected chi connectivity index (χ2v) is 4.96. The fourth-order valence-electron chi connectivity index (χ4n) is 1.53. The molecular formula is C13H21N5O2. The van der Waals surface area contributed by atoms with Gasteiger partial charge < -0.3 is 16.0 Å². The van der Waals surface area contributed by atoms with Crippen molar-refractivity contribution in [1.82, 2.24) is 20.6 Å². The predicted molar refractivity (Wildman–Crippen MR) is 76.4 cm³/mol. The van der Waals surface area contributed by atoms with E-state index in [1.165, 1.54) is 12.4 Å². The Kier molecular flexibility index (Phi) is 5.42. The molecule has 20 heavy (non-hydrogen) atoms. The molecule has 0 saturated carbocycles. The van der Waals surface area contributed by atoms with E-state index in [1.807, 2.05) is 6.92 Å². The highest BCUT2D eigenvalue weighted by Crippen LogP contribution is 2.13. The summed E-state index contributed by atoms with van der Waals surface area (Å²) >= 11 is 0. The number of nitrogens with zero attached hydrogens (tertiary/aromatic N) is 2. The quantitative estimate of drug-likeness (QED) is 0.701. The maximum atomic E-state index is 11.9. The Morgan fingerprint density at radius 3 is 2.45 bits per heavy atom. The molecule has 0 aliphatic heterocycles. The van der Waals surface area contributed by atoms with Crippen LogP contribution in [0.5, 0.6) is 0 Å². The van der Waals surface area contributed by atoms with E-state index in [0.29, 0.717) is 5.82 Å². The van der Waals surface area contributed by atoms with Crippen LogP contribution < -0.4 is 16.0 Å². The number of carbonyl (C=O) groups is 2. The van der Waals surface area contributed by atoms with E-state index in [0.717, 1.165) is 6.54 Å². The van der Waals surface area contributed by atoms with E-state index < -0.39 is 5.41 Å². The van der Waals surface area contributed by atoms with Crippen molar-refractivity contribution in [3.05, 3.63) is 18.1 Å². The summed E-state index contributed by atoms with van der Waals surface area (Å²) in [6.07, 6.45) is 2.91. The lowest BCUT2D eigenvalue weighted by Crippen LogP contribution is -2.43. The molecule has 2 amide bonds. The highest BCUT2D eigenvalue weighted by molar-refractivity contribution is 5.92. The number of aromatic nitrogens is 2. The van der Waals surface area contributed by atoms with Gasteiger partial charge in [-0.1, -0.05) is 0 Å². The van der Waals surface area contributed by atoms with Gasteiger partial charge in [-0.25, -0.2) is 9.97 Å². The predicted octanol–water partition coefficient (Wildman–Crippen LogP) is 0.410. The first-order valence-corrected chi connectivity index (χ1v) is 6.47. The van der Waals surface area contributed by atoms with Crippen LogP contribution in [0.3, 0.4) is 0 Å². The largest absolute Gasteiger partial charge is 0.369 e. The number of carbonyl (C=O) groups excluding carboxylic acids is 2. The number of nitrogens with one attached hydrogen (secondary N) is 3. The second kappa shape index (κ2) is 6.83. The first kappa shape index (κ1) is 15.9. The lowest BCUT2D eigenvalue weighted by Gasteiger charge is -2.22. The Hall–Kier alpha value is -2.18. The van der Waals surface area contributed by atoms with Crippen LogP contribution in [0.15, 0.2) is 12.4 Å². The summed E-state index contributed by atoms with van der Waals surface area (Å²) in [5, 5.41) is 8.24. The maximum absolute atomic E-state index is 11.9. The van der Waals surface area contributed by atoms with Crippen LogP contribution in [0.2, 0.25) is 0 Å². The molecule has 0 spiro atoms. The minimum atomic E-state index is -0.679. The van der Waals surface area contributed by atoms with Crippen LogP contribution in [0.4, 0.5) is 5.82 Å². The lowest BCUT2D eigenvalue weighted by atomic mass is 9.92. The minimum absolute atomic E-state index is 0.133. The molecule has 1 heterocycles. The minimum Gasteiger partial charge on any atom is -0.369 e. The fourth-order valence-corrected chi connectivity index (χ4v) is 1.53.